The number of aryl methyl sites for hydroxylation is 1. The largest absolute Gasteiger partial charge is 0.487 e. The van der Waals surface area contributed by atoms with Crippen LogP contribution in [0.15, 0.2) is 82.0 Å². The molecule has 0 spiro atoms. The maximum absolute atomic E-state index is 13.4. The fourth-order valence-electron chi connectivity index (χ4n) is 4.35. The number of nitrogens with one attached hydrogen (secondary N) is 2. The number of furan rings is 1. The summed E-state index contributed by atoms with van der Waals surface area (Å²) in [7, 11) is -2.98. The first-order valence-corrected chi connectivity index (χ1v) is 15.3. The van der Waals surface area contributed by atoms with Crippen molar-refractivity contribution in [3.8, 4) is 17.1 Å². The highest BCUT2D eigenvalue weighted by molar-refractivity contribution is 7.90. The average molecular weight is 596 g/mol. The summed E-state index contributed by atoms with van der Waals surface area (Å²) in [5.41, 5.74) is 2.13. The number of H-pyrrole nitrogens is 1. The molecule has 2 N–H and O–H groups in total. The number of fused-ring (bicyclic) bond motifs is 1. The predicted octanol–water partition coefficient (Wildman–Crippen LogP) is 6.67. The molecule has 8 nitrogen and oxygen atoms in total. The fraction of sp³-hybridized carbons (Fsp3) is 0.200. The number of sulfone groups is 1. The van der Waals surface area contributed by atoms with Gasteiger partial charge >= 0.3 is 5.69 Å². The van der Waals surface area contributed by atoms with E-state index < -0.39 is 15.5 Å². The highest BCUT2D eigenvalue weighted by atomic mass is 35.5. The van der Waals surface area contributed by atoms with E-state index >= 15 is 0 Å². The van der Waals surface area contributed by atoms with Crippen molar-refractivity contribution in [2.75, 3.05) is 17.3 Å². The second-order valence-electron chi connectivity index (χ2n) is 9.69. The lowest BCUT2D eigenvalue weighted by atomic mass is 10.1. The van der Waals surface area contributed by atoms with Crippen LogP contribution in [-0.2, 0) is 22.9 Å². The van der Waals surface area contributed by atoms with Gasteiger partial charge in [0.2, 0.25) is 0 Å². The molecule has 0 atom stereocenters. The van der Waals surface area contributed by atoms with Gasteiger partial charge in [-0.25, -0.2) is 17.6 Å². The van der Waals surface area contributed by atoms with E-state index in [1.807, 2.05) is 24.3 Å². The number of halogens is 2. The van der Waals surface area contributed by atoms with Crippen LogP contribution < -0.4 is 15.7 Å². The van der Waals surface area contributed by atoms with Crippen molar-refractivity contribution in [1.82, 2.24) is 9.97 Å². The number of benzene rings is 3. The summed E-state index contributed by atoms with van der Waals surface area (Å²) in [5.74, 6) is 1.99. The van der Waals surface area contributed by atoms with Gasteiger partial charge in [0.05, 0.1) is 10.5 Å². The number of unbranched alkanes of at least 4 members (excludes halogenated alkanes) is 1. The van der Waals surface area contributed by atoms with Crippen LogP contribution in [-0.4, -0.2) is 30.4 Å². The molecule has 5 aromatic rings. The summed E-state index contributed by atoms with van der Waals surface area (Å²) < 4.78 is 47.9. The highest BCUT2D eigenvalue weighted by Gasteiger charge is 2.12. The minimum absolute atomic E-state index is 0.155. The van der Waals surface area contributed by atoms with Gasteiger partial charge in [0.15, 0.2) is 0 Å². The van der Waals surface area contributed by atoms with Crippen LogP contribution in [0.3, 0.4) is 0 Å². The molecule has 3 aromatic carbocycles. The van der Waals surface area contributed by atoms with E-state index in [1.165, 1.54) is 18.4 Å². The number of aromatic nitrogens is 2. The molecule has 5 rings (SSSR count). The molecule has 0 radical (unpaired) electrons. The Labute approximate surface area is 241 Å². The van der Waals surface area contributed by atoms with Crippen molar-refractivity contribution in [2.24, 2.45) is 0 Å². The Bertz CT molecular complexity index is 1870. The van der Waals surface area contributed by atoms with Crippen LogP contribution in [0.2, 0.25) is 5.02 Å². The van der Waals surface area contributed by atoms with Crippen LogP contribution in [0.25, 0.3) is 22.2 Å². The van der Waals surface area contributed by atoms with E-state index in [1.54, 1.807) is 36.4 Å². The first-order valence-electron chi connectivity index (χ1n) is 12.9. The molecule has 0 saturated heterocycles. The molecule has 0 amide bonds. The summed E-state index contributed by atoms with van der Waals surface area (Å²) in [5, 5.41) is 4.16. The molecular formula is C30H27ClFN3O5S. The predicted molar refractivity (Wildman–Crippen MR) is 158 cm³/mol. The summed E-state index contributed by atoms with van der Waals surface area (Å²) in [6.45, 7) is 0.155. The second kappa shape index (κ2) is 12.2. The Morgan fingerprint density at radius 3 is 2.68 bits per heavy atom. The third-order valence-electron chi connectivity index (χ3n) is 6.34. The Balaban J connectivity index is 1.33. The third kappa shape index (κ3) is 7.53. The Morgan fingerprint density at radius 1 is 1.05 bits per heavy atom. The second-order valence-corrected chi connectivity index (χ2v) is 12.4. The van der Waals surface area contributed by atoms with E-state index in [9.17, 15) is 17.6 Å². The van der Waals surface area contributed by atoms with Gasteiger partial charge in [-0.2, -0.15) is 4.98 Å². The first-order chi connectivity index (χ1) is 19.6. The van der Waals surface area contributed by atoms with Gasteiger partial charge in [-0.1, -0.05) is 23.7 Å². The van der Waals surface area contributed by atoms with Gasteiger partial charge in [-0.15, -0.1) is 0 Å². The first kappa shape index (κ1) is 28.4. The molecule has 2 heterocycles. The molecule has 212 valence electrons. The van der Waals surface area contributed by atoms with Crippen LogP contribution in [0.1, 0.15) is 24.2 Å². The van der Waals surface area contributed by atoms with Crippen LogP contribution in [0.5, 0.6) is 5.75 Å². The van der Waals surface area contributed by atoms with Crippen LogP contribution in [0, 0.1) is 5.82 Å². The SMILES string of the molecule is CS(=O)(=O)CCCCc1ccc(-c2ccc3[nH]c(=O)nc(Nc4ccc(OCc5cccc(F)c5)c(Cl)c4)c3c2)o1. The number of anilines is 2. The molecule has 0 aliphatic carbocycles. The fourth-order valence-corrected chi connectivity index (χ4v) is 5.32. The molecule has 2 aromatic heterocycles. The van der Waals surface area contributed by atoms with Gasteiger partial charge in [-0.3, -0.25) is 0 Å². The Kier molecular flexibility index (Phi) is 8.41. The lowest BCUT2D eigenvalue weighted by Gasteiger charge is -2.12. The van der Waals surface area contributed by atoms with Crippen molar-refractivity contribution >= 4 is 43.8 Å². The smallest absolute Gasteiger partial charge is 0.347 e. The van der Waals surface area contributed by atoms with Crippen molar-refractivity contribution < 1.29 is 22.0 Å². The van der Waals surface area contributed by atoms with E-state index in [2.05, 4.69) is 15.3 Å². The number of hydrogen-bond acceptors (Lipinski definition) is 7. The van der Waals surface area contributed by atoms with E-state index in [0.717, 1.165) is 11.3 Å². The summed E-state index contributed by atoms with van der Waals surface area (Å²) in [6.07, 6.45) is 3.14. The van der Waals surface area contributed by atoms with E-state index in [-0.39, 0.29) is 18.2 Å². The van der Waals surface area contributed by atoms with Crippen LogP contribution in [0.4, 0.5) is 15.9 Å². The molecule has 0 bridgehead atoms. The maximum atomic E-state index is 13.4. The monoisotopic (exact) mass is 595 g/mol. The van der Waals surface area contributed by atoms with Crippen LogP contribution >= 0.6 is 11.6 Å². The quantitative estimate of drug-likeness (QED) is 0.164. The Morgan fingerprint density at radius 2 is 1.90 bits per heavy atom. The van der Waals surface area contributed by atoms with Gasteiger partial charge < -0.3 is 19.5 Å². The molecule has 0 saturated carbocycles. The average Bonchev–Trinajstić information content (AvgIpc) is 3.39. The molecule has 41 heavy (non-hydrogen) atoms. The van der Waals surface area contributed by atoms with Crippen molar-refractivity contribution in [1.29, 1.82) is 0 Å². The normalized spacial score (nSPS) is 11.6. The third-order valence-corrected chi connectivity index (χ3v) is 7.67. The van der Waals surface area contributed by atoms with E-state index in [4.69, 9.17) is 20.8 Å². The zero-order valence-electron chi connectivity index (χ0n) is 22.1. The highest BCUT2D eigenvalue weighted by Crippen LogP contribution is 2.32. The summed E-state index contributed by atoms with van der Waals surface area (Å²) in [4.78, 5) is 19.1. The number of ether oxygens (including phenoxy) is 1. The number of rotatable bonds is 11. The summed E-state index contributed by atoms with van der Waals surface area (Å²) >= 11 is 6.45. The van der Waals surface area contributed by atoms with E-state index in [0.29, 0.717) is 63.8 Å². The molecule has 0 aliphatic rings. The molecule has 0 fully saturated rings. The lowest BCUT2D eigenvalue weighted by Crippen LogP contribution is -2.12. The standard InChI is InChI=1S/C30H27ClFN3O5S/c1-41(37,38)14-3-2-7-23-10-13-27(40-23)20-8-11-26-24(16-20)29(35-30(36)34-26)33-22-9-12-28(25(31)17-22)39-18-19-5-4-6-21(32)15-19/h4-6,8-13,15-17H,2-3,7,14,18H2,1H3,(H2,33,34,35,36). The van der Waals surface area contributed by atoms with Gasteiger partial charge in [-0.05, 0) is 79.1 Å². The minimum Gasteiger partial charge on any atom is -0.487 e. The van der Waals surface area contributed by atoms with Crippen molar-refractivity contribution in [2.45, 2.75) is 25.9 Å². The zero-order chi connectivity index (χ0) is 29.0. The maximum Gasteiger partial charge on any atom is 0.347 e. The molecule has 0 aliphatic heterocycles. The Hall–Kier alpha value is -4.15. The van der Waals surface area contributed by atoms with Gasteiger partial charge in [0.1, 0.15) is 45.3 Å². The van der Waals surface area contributed by atoms with Gasteiger partial charge in [0.25, 0.3) is 0 Å². The topological polar surface area (TPSA) is 114 Å². The molecule has 11 heteroatoms. The number of nitrogens with zero attached hydrogens (tertiary/aromatic N) is 1. The minimum atomic E-state index is -2.98. The summed E-state index contributed by atoms with van der Waals surface area (Å²) in [6, 6.07) is 20.5. The van der Waals surface area contributed by atoms with Crippen molar-refractivity contribution in [3.63, 3.8) is 0 Å². The molecular weight excluding hydrogens is 569 g/mol. The zero-order valence-corrected chi connectivity index (χ0v) is 23.7. The lowest BCUT2D eigenvalue weighted by molar-refractivity contribution is 0.306. The number of hydrogen-bond donors (Lipinski definition) is 2. The van der Waals surface area contributed by atoms with Gasteiger partial charge in [0, 0.05) is 35.1 Å². The molecule has 0 unspecified atom stereocenters. The number of aromatic amines is 1. The van der Waals surface area contributed by atoms with Crippen molar-refractivity contribution in [3.05, 3.63) is 105 Å².